The van der Waals surface area contributed by atoms with Crippen LogP contribution in [0.1, 0.15) is 39.0 Å². The largest absolute Gasteiger partial charge is 0.463 e. The standard InChI is InChI=1S/C25H42O13/c1-10(26)35-9-19-21(30)22(31)23(32)25(38-19)37-18-8-13-14(28)6-12(27)7-15(13)36-24(18)11-4-16(33-2)20(29)17(5-11)34-3/h11-25,27-32H,4-9H2,1-3H3/t11?,12?,13?,14?,15?,16?,17?,18?,19-,20?,21-,22-,23-,24?,25-/m1/s1. The number of rotatable bonds is 7. The highest BCUT2D eigenvalue weighted by atomic mass is 16.7. The second-order valence-corrected chi connectivity index (χ2v) is 11.0. The molecule has 0 aromatic carbocycles. The van der Waals surface area contributed by atoms with Crippen molar-refractivity contribution in [3.05, 3.63) is 0 Å². The zero-order valence-corrected chi connectivity index (χ0v) is 21.9. The lowest BCUT2D eigenvalue weighted by Crippen LogP contribution is -2.62. The summed E-state index contributed by atoms with van der Waals surface area (Å²) in [5.41, 5.74) is 0. The fourth-order valence-corrected chi connectivity index (χ4v) is 6.43. The van der Waals surface area contributed by atoms with E-state index in [4.69, 9.17) is 28.4 Å². The molecule has 8 unspecified atom stereocenters. The number of carbonyl (C=O) groups is 1. The van der Waals surface area contributed by atoms with Crippen molar-refractivity contribution in [3.8, 4) is 0 Å². The molecule has 4 rings (SSSR count). The third kappa shape index (κ3) is 6.33. The molecule has 2 saturated heterocycles. The van der Waals surface area contributed by atoms with E-state index in [1.54, 1.807) is 0 Å². The van der Waals surface area contributed by atoms with Crippen LogP contribution in [0.25, 0.3) is 0 Å². The number of fused-ring (bicyclic) bond motifs is 1. The fourth-order valence-electron chi connectivity index (χ4n) is 6.43. The number of hydrogen-bond acceptors (Lipinski definition) is 13. The van der Waals surface area contributed by atoms with Crippen molar-refractivity contribution in [2.75, 3.05) is 20.8 Å². The Hall–Kier alpha value is -0.970. The molecule has 6 N–H and O–H groups in total. The van der Waals surface area contributed by atoms with Gasteiger partial charge in [-0.1, -0.05) is 0 Å². The van der Waals surface area contributed by atoms with Gasteiger partial charge in [-0.15, -0.1) is 0 Å². The third-order valence-corrected chi connectivity index (χ3v) is 8.52. The van der Waals surface area contributed by atoms with Crippen molar-refractivity contribution in [3.63, 3.8) is 0 Å². The topological polar surface area (TPSA) is 194 Å². The van der Waals surface area contributed by atoms with Crippen molar-refractivity contribution in [2.24, 2.45) is 11.8 Å². The van der Waals surface area contributed by atoms with E-state index in [-0.39, 0.29) is 24.9 Å². The molecule has 2 aliphatic heterocycles. The predicted octanol–water partition coefficient (Wildman–Crippen LogP) is -2.17. The molecule has 13 heteroatoms. The zero-order chi connectivity index (χ0) is 27.7. The molecular formula is C25H42O13. The van der Waals surface area contributed by atoms with Crippen LogP contribution in [-0.4, -0.2) is 137 Å². The minimum Gasteiger partial charge on any atom is -0.463 e. The van der Waals surface area contributed by atoms with Gasteiger partial charge in [-0.3, -0.25) is 4.79 Å². The maximum atomic E-state index is 11.3. The monoisotopic (exact) mass is 550 g/mol. The summed E-state index contributed by atoms with van der Waals surface area (Å²) in [6, 6.07) is 0. The lowest BCUT2D eigenvalue weighted by molar-refractivity contribution is -0.334. The van der Waals surface area contributed by atoms with Crippen molar-refractivity contribution < 1.29 is 63.9 Å². The highest BCUT2D eigenvalue weighted by molar-refractivity contribution is 5.65. The maximum absolute atomic E-state index is 11.3. The van der Waals surface area contributed by atoms with Crippen LogP contribution >= 0.6 is 0 Å². The summed E-state index contributed by atoms with van der Waals surface area (Å²) in [6.07, 6.45) is -10.8. The van der Waals surface area contributed by atoms with Crippen LogP contribution in [0.3, 0.4) is 0 Å². The van der Waals surface area contributed by atoms with Crippen LogP contribution in [0, 0.1) is 11.8 Å². The molecule has 4 aliphatic rings. The number of hydrogen-bond donors (Lipinski definition) is 6. The quantitative estimate of drug-likeness (QED) is 0.188. The van der Waals surface area contributed by atoms with Gasteiger partial charge in [-0.05, 0) is 38.0 Å². The van der Waals surface area contributed by atoms with Crippen LogP contribution in [0.2, 0.25) is 0 Å². The van der Waals surface area contributed by atoms with E-state index >= 15 is 0 Å². The van der Waals surface area contributed by atoms with Gasteiger partial charge in [0.25, 0.3) is 0 Å². The average Bonchev–Trinajstić information content (AvgIpc) is 2.88. The van der Waals surface area contributed by atoms with Crippen LogP contribution in [0.4, 0.5) is 0 Å². The zero-order valence-electron chi connectivity index (χ0n) is 21.9. The number of ether oxygens (including phenoxy) is 6. The highest BCUT2D eigenvalue weighted by Gasteiger charge is 2.53. The molecule has 2 heterocycles. The van der Waals surface area contributed by atoms with E-state index in [0.717, 1.165) is 0 Å². The summed E-state index contributed by atoms with van der Waals surface area (Å²) in [5, 5.41) is 63.1. The molecule has 0 aromatic rings. The van der Waals surface area contributed by atoms with E-state index in [1.807, 2.05) is 0 Å². The lowest BCUT2D eigenvalue weighted by Gasteiger charge is -2.51. The second-order valence-electron chi connectivity index (χ2n) is 11.0. The maximum Gasteiger partial charge on any atom is 0.302 e. The molecule has 4 fully saturated rings. The molecule has 2 saturated carbocycles. The van der Waals surface area contributed by atoms with Gasteiger partial charge in [-0.2, -0.15) is 0 Å². The Kier molecular flexibility index (Phi) is 10.0. The van der Waals surface area contributed by atoms with Gasteiger partial charge in [0.1, 0.15) is 37.1 Å². The Balaban J connectivity index is 1.57. The Morgan fingerprint density at radius 2 is 1.45 bits per heavy atom. The fraction of sp³-hybridized carbons (Fsp3) is 0.960. The summed E-state index contributed by atoms with van der Waals surface area (Å²) in [5.74, 6) is -1.17. The average molecular weight is 551 g/mol. The molecule has 0 amide bonds. The van der Waals surface area contributed by atoms with Crippen molar-refractivity contribution in [1.82, 2.24) is 0 Å². The Morgan fingerprint density at radius 1 is 0.789 bits per heavy atom. The first-order chi connectivity index (χ1) is 18.0. The Morgan fingerprint density at radius 3 is 2.05 bits per heavy atom. The minimum atomic E-state index is -1.62. The molecule has 220 valence electrons. The van der Waals surface area contributed by atoms with E-state index in [9.17, 15) is 35.4 Å². The van der Waals surface area contributed by atoms with E-state index in [1.165, 1.54) is 21.1 Å². The second kappa shape index (κ2) is 12.7. The van der Waals surface area contributed by atoms with Gasteiger partial charge >= 0.3 is 5.97 Å². The van der Waals surface area contributed by atoms with E-state index in [2.05, 4.69) is 0 Å². The normalized spacial score (nSPS) is 49.8. The summed E-state index contributed by atoms with van der Waals surface area (Å²) in [4.78, 5) is 11.3. The van der Waals surface area contributed by atoms with E-state index in [0.29, 0.717) is 25.7 Å². The van der Waals surface area contributed by atoms with Crippen LogP contribution < -0.4 is 0 Å². The molecule has 0 radical (unpaired) electrons. The van der Waals surface area contributed by atoms with Gasteiger partial charge < -0.3 is 59.1 Å². The molecule has 13 atom stereocenters. The van der Waals surface area contributed by atoms with Crippen LogP contribution in [0.15, 0.2) is 0 Å². The molecule has 2 aliphatic carbocycles. The predicted molar refractivity (Wildman–Crippen MR) is 127 cm³/mol. The smallest absolute Gasteiger partial charge is 0.302 e. The number of methoxy groups -OCH3 is 2. The van der Waals surface area contributed by atoms with Gasteiger partial charge in [0.05, 0.1) is 42.7 Å². The van der Waals surface area contributed by atoms with E-state index < -0.39 is 85.5 Å². The summed E-state index contributed by atoms with van der Waals surface area (Å²) >= 11 is 0. The highest BCUT2D eigenvalue weighted by Crippen LogP contribution is 2.44. The third-order valence-electron chi connectivity index (χ3n) is 8.52. The van der Waals surface area contributed by atoms with Crippen molar-refractivity contribution in [1.29, 1.82) is 0 Å². The molecule has 0 bridgehead atoms. The molecule has 38 heavy (non-hydrogen) atoms. The number of carbonyl (C=O) groups excluding carboxylic acids is 1. The lowest BCUT2D eigenvalue weighted by atomic mass is 9.72. The first-order valence-corrected chi connectivity index (χ1v) is 13.3. The number of esters is 1. The first kappa shape index (κ1) is 30.0. The van der Waals surface area contributed by atoms with Gasteiger partial charge in [0.15, 0.2) is 6.29 Å². The van der Waals surface area contributed by atoms with Crippen molar-refractivity contribution in [2.45, 2.75) is 119 Å². The van der Waals surface area contributed by atoms with Gasteiger partial charge in [0.2, 0.25) is 0 Å². The molecular weight excluding hydrogens is 508 g/mol. The summed E-state index contributed by atoms with van der Waals surface area (Å²) < 4.78 is 34.4. The van der Waals surface area contributed by atoms with Gasteiger partial charge in [-0.25, -0.2) is 0 Å². The number of aliphatic hydroxyl groups is 6. The summed E-state index contributed by atoms with van der Waals surface area (Å²) in [7, 11) is 3.01. The molecule has 0 spiro atoms. The number of aliphatic hydroxyl groups excluding tert-OH is 6. The minimum absolute atomic E-state index is 0.201. The molecule has 13 nitrogen and oxygen atoms in total. The van der Waals surface area contributed by atoms with Crippen LogP contribution in [0.5, 0.6) is 0 Å². The van der Waals surface area contributed by atoms with Gasteiger partial charge in [0, 0.05) is 27.1 Å². The Labute approximate surface area is 221 Å². The first-order valence-electron chi connectivity index (χ1n) is 13.3. The Bertz CT molecular complexity index is 770. The SMILES string of the molecule is COC1CC(C2OC3CC(O)CC(O)C3CC2O[C@@H]2O[C@H](COC(C)=O)[C@@H](O)[C@@H](O)[C@H]2O)CC(OC)C1O. The van der Waals surface area contributed by atoms with Crippen LogP contribution in [-0.2, 0) is 33.2 Å². The summed E-state index contributed by atoms with van der Waals surface area (Å²) in [6.45, 7) is 0.848. The molecule has 0 aromatic heterocycles. The van der Waals surface area contributed by atoms with Crippen molar-refractivity contribution >= 4 is 5.97 Å².